The predicted molar refractivity (Wildman–Crippen MR) is 101 cm³/mol. The van der Waals surface area contributed by atoms with Crippen LogP contribution in [0.4, 0.5) is 4.39 Å². The molecule has 0 radical (unpaired) electrons. The molecule has 4 rings (SSSR count). The molecule has 3 aliphatic rings. The Kier molecular flexibility index (Phi) is 5.21. The third-order valence-electron chi connectivity index (χ3n) is 4.84. The minimum atomic E-state index is -1.50. The molecule has 2 amide bonds. The van der Waals surface area contributed by atoms with E-state index in [1.54, 1.807) is 23.1 Å². The lowest BCUT2D eigenvalue weighted by molar-refractivity contribution is -0.142. The van der Waals surface area contributed by atoms with E-state index in [0.29, 0.717) is 41.2 Å². The van der Waals surface area contributed by atoms with E-state index in [4.69, 9.17) is 32.7 Å². The summed E-state index contributed by atoms with van der Waals surface area (Å²) in [6.07, 6.45) is 1.16. The Morgan fingerprint density at radius 2 is 2.11 bits per heavy atom. The SMILES string of the molecule is O=C1COC2=CC(F)C(C(=O)N3CC(COc4cccc(Cl)c4Cl)C3)C=C2N1. The lowest BCUT2D eigenvalue weighted by Gasteiger charge is -2.41. The van der Waals surface area contributed by atoms with Gasteiger partial charge in [-0.1, -0.05) is 29.3 Å². The highest BCUT2D eigenvalue weighted by Gasteiger charge is 2.40. The van der Waals surface area contributed by atoms with Crippen LogP contribution in [0.15, 0.2) is 41.8 Å². The maximum absolute atomic E-state index is 14.4. The van der Waals surface area contributed by atoms with Gasteiger partial charge in [0.05, 0.1) is 23.2 Å². The topological polar surface area (TPSA) is 67.9 Å². The second kappa shape index (κ2) is 7.64. The quantitative estimate of drug-likeness (QED) is 0.803. The van der Waals surface area contributed by atoms with E-state index in [0.717, 1.165) is 0 Å². The van der Waals surface area contributed by atoms with E-state index < -0.39 is 12.1 Å². The minimum absolute atomic E-state index is 0.122. The summed E-state index contributed by atoms with van der Waals surface area (Å²) in [7, 11) is 0. The summed E-state index contributed by atoms with van der Waals surface area (Å²) in [5.74, 6) is -0.753. The van der Waals surface area contributed by atoms with Gasteiger partial charge in [-0.25, -0.2) is 4.39 Å². The number of halogens is 3. The fourth-order valence-electron chi connectivity index (χ4n) is 3.33. The first kappa shape index (κ1) is 19.1. The molecule has 1 aromatic carbocycles. The number of morpholine rings is 1. The van der Waals surface area contributed by atoms with Crippen molar-refractivity contribution in [3.05, 3.63) is 51.9 Å². The molecule has 2 aliphatic heterocycles. The van der Waals surface area contributed by atoms with Gasteiger partial charge in [0.15, 0.2) is 6.61 Å². The van der Waals surface area contributed by atoms with Crippen LogP contribution in [0, 0.1) is 11.8 Å². The zero-order valence-electron chi connectivity index (χ0n) is 14.7. The second-order valence-corrected chi connectivity index (χ2v) is 7.68. The van der Waals surface area contributed by atoms with Crippen LogP contribution in [0.1, 0.15) is 0 Å². The van der Waals surface area contributed by atoms with E-state index in [2.05, 4.69) is 5.32 Å². The number of nitrogens with zero attached hydrogens (tertiary/aromatic N) is 1. The number of hydrogen-bond acceptors (Lipinski definition) is 4. The van der Waals surface area contributed by atoms with Crippen molar-refractivity contribution in [1.82, 2.24) is 10.2 Å². The van der Waals surface area contributed by atoms with Crippen molar-refractivity contribution in [3.63, 3.8) is 0 Å². The first-order valence-electron chi connectivity index (χ1n) is 8.78. The molecule has 2 fully saturated rings. The third kappa shape index (κ3) is 3.69. The molecule has 0 aromatic heterocycles. The van der Waals surface area contributed by atoms with Crippen LogP contribution in [0.25, 0.3) is 0 Å². The normalized spacial score (nSPS) is 24.2. The number of ether oxygens (including phenoxy) is 2. The van der Waals surface area contributed by atoms with Crippen LogP contribution in [0.3, 0.4) is 0 Å². The van der Waals surface area contributed by atoms with E-state index in [-0.39, 0.29) is 30.1 Å². The molecule has 2 atom stereocenters. The summed E-state index contributed by atoms with van der Waals surface area (Å²) in [5, 5.41) is 3.37. The Labute approximate surface area is 170 Å². The van der Waals surface area contributed by atoms with Crippen molar-refractivity contribution in [2.24, 2.45) is 11.8 Å². The van der Waals surface area contributed by atoms with Gasteiger partial charge >= 0.3 is 0 Å². The molecule has 6 nitrogen and oxygen atoms in total. The third-order valence-corrected chi connectivity index (χ3v) is 5.64. The number of fused-ring (bicyclic) bond motifs is 1. The predicted octanol–water partition coefficient (Wildman–Crippen LogP) is 2.71. The van der Waals surface area contributed by atoms with Crippen LogP contribution in [-0.4, -0.2) is 49.2 Å². The molecule has 1 aliphatic carbocycles. The number of allylic oxidation sites excluding steroid dienone is 1. The molecule has 2 unspecified atom stereocenters. The second-order valence-electron chi connectivity index (χ2n) is 6.89. The van der Waals surface area contributed by atoms with Gasteiger partial charge in [0.25, 0.3) is 5.91 Å². The van der Waals surface area contributed by atoms with Crippen molar-refractivity contribution in [2.75, 3.05) is 26.3 Å². The van der Waals surface area contributed by atoms with Crippen molar-refractivity contribution in [1.29, 1.82) is 0 Å². The summed E-state index contributed by atoms with van der Waals surface area (Å²) in [6, 6.07) is 5.14. The molecule has 1 aromatic rings. The van der Waals surface area contributed by atoms with Crippen LogP contribution in [0.5, 0.6) is 5.75 Å². The molecule has 148 valence electrons. The fourth-order valence-corrected chi connectivity index (χ4v) is 3.67. The van der Waals surface area contributed by atoms with E-state index in [1.807, 2.05) is 0 Å². The van der Waals surface area contributed by atoms with Gasteiger partial charge in [-0.15, -0.1) is 0 Å². The van der Waals surface area contributed by atoms with E-state index in [9.17, 15) is 14.0 Å². The molecule has 1 N–H and O–H groups in total. The average molecular weight is 427 g/mol. The maximum Gasteiger partial charge on any atom is 0.262 e. The van der Waals surface area contributed by atoms with Crippen molar-refractivity contribution in [3.8, 4) is 5.75 Å². The van der Waals surface area contributed by atoms with Crippen LogP contribution >= 0.6 is 23.2 Å². The molecule has 28 heavy (non-hydrogen) atoms. The highest BCUT2D eigenvalue weighted by atomic mass is 35.5. The Morgan fingerprint density at radius 3 is 2.89 bits per heavy atom. The van der Waals surface area contributed by atoms with Crippen LogP contribution in [-0.2, 0) is 14.3 Å². The number of likely N-dealkylation sites (tertiary alicyclic amines) is 1. The van der Waals surface area contributed by atoms with Crippen molar-refractivity contribution >= 4 is 35.0 Å². The Balaban J connectivity index is 1.32. The number of benzene rings is 1. The maximum atomic E-state index is 14.4. The van der Waals surface area contributed by atoms with Gasteiger partial charge < -0.3 is 19.7 Å². The van der Waals surface area contributed by atoms with Gasteiger partial charge in [-0.3, -0.25) is 9.59 Å². The largest absolute Gasteiger partial charge is 0.492 e. The van der Waals surface area contributed by atoms with Gasteiger partial charge in [-0.2, -0.15) is 0 Å². The Hall–Kier alpha value is -2.25. The fraction of sp³-hybridized carbons (Fsp3) is 0.368. The first-order chi connectivity index (χ1) is 13.4. The monoisotopic (exact) mass is 426 g/mol. The molecule has 9 heteroatoms. The van der Waals surface area contributed by atoms with Gasteiger partial charge in [-0.05, 0) is 24.3 Å². The molecule has 0 spiro atoms. The summed E-state index contributed by atoms with van der Waals surface area (Å²) >= 11 is 12.0. The number of hydrogen-bond donors (Lipinski definition) is 1. The summed E-state index contributed by atoms with van der Waals surface area (Å²) in [5.41, 5.74) is 0.347. The number of nitrogens with one attached hydrogen (secondary N) is 1. The smallest absolute Gasteiger partial charge is 0.262 e. The zero-order chi connectivity index (χ0) is 19.8. The molecule has 2 heterocycles. The first-order valence-corrected chi connectivity index (χ1v) is 9.54. The molecular formula is C19H17Cl2FN2O4. The number of amides is 2. The lowest BCUT2D eigenvalue weighted by atomic mass is 9.91. The summed E-state index contributed by atoms with van der Waals surface area (Å²) < 4.78 is 25.3. The number of carbonyl (C=O) groups excluding carboxylic acids is 2. The average Bonchev–Trinajstić information content (AvgIpc) is 2.63. The lowest BCUT2D eigenvalue weighted by Crippen LogP contribution is -2.55. The number of alkyl halides is 1. The Bertz CT molecular complexity index is 883. The minimum Gasteiger partial charge on any atom is -0.492 e. The summed E-state index contributed by atoms with van der Waals surface area (Å²) in [6.45, 7) is 1.15. The highest BCUT2D eigenvalue weighted by Crippen LogP contribution is 2.33. The van der Waals surface area contributed by atoms with Gasteiger partial charge in [0.1, 0.15) is 22.7 Å². The van der Waals surface area contributed by atoms with E-state index in [1.165, 1.54) is 12.2 Å². The number of rotatable bonds is 4. The Morgan fingerprint density at radius 1 is 1.32 bits per heavy atom. The zero-order valence-corrected chi connectivity index (χ0v) is 16.2. The number of carbonyl (C=O) groups is 2. The summed E-state index contributed by atoms with van der Waals surface area (Å²) in [4.78, 5) is 25.6. The van der Waals surface area contributed by atoms with Gasteiger partial charge in [0, 0.05) is 19.0 Å². The van der Waals surface area contributed by atoms with E-state index >= 15 is 0 Å². The molecule has 0 saturated carbocycles. The van der Waals surface area contributed by atoms with Gasteiger partial charge in [0.2, 0.25) is 5.91 Å². The van der Waals surface area contributed by atoms with Crippen molar-refractivity contribution < 1.29 is 23.5 Å². The molecular weight excluding hydrogens is 410 g/mol. The van der Waals surface area contributed by atoms with Crippen molar-refractivity contribution in [2.45, 2.75) is 6.17 Å². The molecule has 0 bridgehead atoms. The highest BCUT2D eigenvalue weighted by molar-refractivity contribution is 6.42. The van der Waals surface area contributed by atoms with Crippen LogP contribution in [0.2, 0.25) is 10.0 Å². The molecule has 2 saturated heterocycles. The standard InChI is InChI=1S/C19H17Cl2FN2O4/c20-12-2-1-3-15(18(12)21)27-8-10-6-24(7-10)19(26)11-4-14-16(5-13(11)22)28-9-17(25)23-14/h1-5,10-11,13H,6-9H2,(H,23,25). The van der Waals surface area contributed by atoms with Crippen LogP contribution < -0.4 is 10.1 Å².